The van der Waals surface area contributed by atoms with E-state index >= 15 is 0 Å². The molecule has 6 nitrogen and oxygen atoms in total. The van der Waals surface area contributed by atoms with Gasteiger partial charge in [-0.05, 0) is 39.1 Å². The smallest absolute Gasteiger partial charge is 0.347 e. The summed E-state index contributed by atoms with van der Waals surface area (Å²) >= 11 is 0. The Hall–Kier alpha value is -2.34. The van der Waals surface area contributed by atoms with E-state index < -0.39 is 5.69 Å². The van der Waals surface area contributed by atoms with Gasteiger partial charge in [-0.25, -0.2) is 4.79 Å². The van der Waals surface area contributed by atoms with E-state index in [0.29, 0.717) is 0 Å². The standard InChI is InChI=1S/C15H19N5O/c1-15(2,8-17-3)20-7-6-9-11(20)5-4-10-12(9)18-14(21)19-13(10)16/h4-7,17H,8H2,1-3H3,(H3,16,18,19,21). The average molecular weight is 285 g/mol. The van der Waals surface area contributed by atoms with Gasteiger partial charge in [0, 0.05) is 23.5 Å². The molecule has 0 aliphatic heterocycles. The van der Waals surface area contributed by atoms with Crippen LogP contribution in [0.25, 0.3) is 21.8 Å². The molecule has 3 rings (SSSR count). The second-order valence-electron chi connectivity index (χ2n) is 5.88. The van der Waals surface area contributed by atoms with Gasteiger partial charge in [0.2, 0.25) is 0 Å². The second kappa shape index (κ2) is 4.60. The molecule has 21 heavy (non-hydrogen) atoms. The van der Waals surface area contributed by atoms with Crippen molar-refractivity contribution in [2.75, 3.05) is 19.3 Å². The first-order valence-corrected chi connectivity index (χ1v) is 6.89. The van der Waals surface area contributed by atoms with E-state index in [0.717, 1.165) is 28.4 Å². The highest BCUT2D eigenvalue weighted by Gasteiger charge is 2.21. The molecular formula is C15H19N5O. The van der Waals surface area contributed by atoms with Crippen molar-refractivity contribution in [2.24, 2.45) is 0 Å². The van der Waals surface area contributed by atoms with Crippen molar-refractivity contribution in [3.8, 4) is 0 Å². The zero-order chi connectivity index (χ0) is 15.2. The lowest BCUT2D eigenvalue weighted by Gasteiger charge is -2.28. The van der Waals surface area contributed by atoms with Gasteiger partial charge in [-0.1, -0.05) is 0 Å². The van der Waals surface area contributed by atoms with Gasteiger partial charge in [0.1, 0.15) is 5.82 Å². The summed E-state index contributed by atoms with van der Waals surface area (Å²) in [5.41, 5.74) is 7.14. The number of anilines is 1. The number of aromatic nitrogens is 3. The van der Waals surface area contributed by atoms with Crippen molar-refractivity contribution in [1.29, 1.82) is 0 Å². The summed E-state index contributed by atoms with van der Waals surface area (Å²) < 4.78 is 2.20. The molecule has 0 amide bonds. The van der Waals surface area contributed by atoms with Crippen molar-refractivity contribution in [1.82, 2.24) is 19.9 Å². The maximum absolute atomic E-state index is 11.6. The molecule has 1 aromatic carbocycles. The number of nitrogens with zero attached hydrogens (tertiary/aromatic N) is 2. The summed E-state index contributed by atoms with van der Waals surface area (Å²) in [7, 11) is 1.94. The first-order valence-electron chi connectivity index (χ1n) is 6.89. The van der Waals surface area contributed by atoms with Crippen LogP contribution < -0.4 is 16.7 Å². The minimum atomic E-state index is -0.422. The number of nitrogens with two attached hydrogens (primary N) is 1. The summed E-state index contributed by atoms with van der Waals surface area (Å²) in [5.74, 6) is 0.262. The molecular weight excluding hydrogens is 266 g/mol. The van der Waals surface area contributed by atoms with Gasteiger partial charge in [0.25, 0.3) is 0 Å². The number of rotatable bonds is 3. The molecule has 6 heteroatoms. The summed E-state index contributed by atoms with van der Waals surface area (Å²) in [6, 6.07) is 5.93. The van der Waals surface area contributed by atoms with Crippen molar-refractivity contribution in [2.45, 2.75) is 19.4 Å². The van der Waals surface area contributed by atoms with Crippen LogP contribution in [0.2, 0.25) is 0 Å². The van der Waals surface area contributed by atoms with Crippen LogP contribution in [0.3, 0.4) is 0 Å². The maximum atomic E-state index is 11.6. The summed E-state index contributed by atoms with van der Waals surface area (Å²) in [6.07, 6.45) is 2.04. The minimum Gasteiger partial charge on any atom is -0.383 e. The fraction of sp³-hybridized carbons (Fsp3) is 0.333. The third-order valence-corrected chi connectivity index (χ3v) is 3.86. The Labute approximate surface area is 122 Å². The van der Waals surface area contributed by atoms with E-state index in [1.165, 1.54) is 0 Å². The average Bonchev–Trinajstić information content (AvgIpc) is 2.83. The Morgan fingerprint density at radius 1 is 1.33 bits per heavy atom. The number of benzene rings is 1. The summed E-state index contributed by atoms with van der Waals surface area (Å²) in [6.45, 7) is 5.16. The minimum absolute atomic E-state index is 0.0803. The zero-order valence-electron chi connectivity index (χ0n) is 12.4. The molecule has 0 saturated heterocycles. The van der Waals surface area contributed by atoms with Crippen molar-refractivity contribution < 1.29 is 0 Å². The third kappa shape index (κ3) is 2.08. The number of nitrogen functional groups attached to an aromatic ring is 1. The SMILES string of the molecule is CNCC(C)(C)n1ccc2c3[nH]c(=O)nc(N)c3ccc21. The van der Waals surface area contributed by atoms with Crippen LogP contribution >= 0.6 is 0 Å². The number of fused-ring (bicyclic) bond motifs is 3. The van der Waals surface area contributed by atoms with Crippen molar-refractivity contribution in [3.05, 3.63) is 34.9 Å². The third-order valence-electron chi connectivity index (χ3n) is 3.86. The van der Waals surface area contributed by atoms with E-state index in [1.807, 2.05) is 31.4 Å². The predicted octanol–water partition coefficient (Wildman–Crippen LogP) is 1.41. The van der Waals surface area contributed by atoms with Crippen molar-refractivity contribution >= 4 is 27.6 Å². The lowest BCUT2D eigenvalue weighted by Crippen LogP contribution is -2.36. The normalized spacial score (nSPS) is 12.3. The molecule has 0 aliphatic rings. The number of aromatic amines is 1. The Morgan fingerprint density at radius 2 is 2.10 bits per heavy atom. The second-order valence-corrected chi connectivity index (χ2v) is 5.88. The number of nitrogens with one attached hydrogen (secondary N) is 2. The Bertz CT molecular complexity index is 875. The first kappa shape index (κ1) is 13.6. The molecule has 0 radical (unpaired) electrons. The summed E-state index contributed by atoms with van der Waals surface area (Å²) in [5, 5.41) is 4.95. The molecule has 110 valence electrons. The van der Waals surface area contributed by atoms with Crippen LogP contribution in [0.15, 0.2) is 29.2 Å². The van der Waals surface area contributed by atoms with E-state index in [9.17, 15) is 4.79 Å². The van der Waals surface area contributed by atoms with Gasteiger partial charge in [-0.2, -0.15) is 4.98 Å². The molecule has 2 heterocycles. The van der Waals surface area contributed by atoms with Crippen LogP contribution in [0.1, 0.15) is 13.8 Å². The Morgan fingerprint density at radius 3 is 2.81 bits per heavy atom. The number of H-pyrrole nitrogens is 1. The molecule has 0 spiro atoms. The van der Waals surface area contributed by atoms with Gasteiger partial charge >= 0.3 is 5.69 Å². The molecule has 0 aliphatic carbocycles. The fourth-order valence-electron chi connectivity index (χ4n) is 2.91. The van der Waals surface area contributed by atoms with Crippen LogP contribution in [0.5, 0.6) is 0 Å². The van der Waals surface area contributed by atoms with E-state index in [-0.39, 0.29) is 11.4 Å². The first-order chi connectivity index (χ1) is 9.94. The zero-order valence-corrected chi connectivity index (χ0v) is 12.4. The lowest BCUT2D eigenvalue weighted by molar-refractivity contribution is 0.354. The van der Waals surface area contributed by atoms with Crippen LogP contribution in [-0.2, 0) is 5.54 Å². The van der Waals surface area contributed by atoms with Crippen LogP contribution in [0, 0.1) is 0 Å². The fourth-order valence-corrected chi connectivity index (χ4v) is 2.91. The number of hydrogen-bond acceptors (Lipinski definition) is 4. The van der Waals surface area contributed by atoms with Gasteiger partial charge in [-0.15, -0.1) is 0 Å². The largest absolute Gasteiger partial charge is 0.383 e. The molecule has 0 unspecified atom stereocenters. The maximum Gasteiger partial charge on any atom is 0.347 e. The molecule has 2 aromatic heterocycles. The topological polar surface area (TPSA) is 88.7 Å². The van der Waals surface area contributed by atoms with Crippen molar-refractivity contribution in [3.63, 3.8) is 0 Å². The molecule has 3 aromatic rings. The van der Waals surface area contributed by atoms with Gasteiger partial charge in [0.15, 0.2) is 0 Å². The van der Waals surface area contributed by atoms with Gasteiger partial charge in [0.05, 0.1) is 16.6 Å². The van der Waals surface area contributed by atoms with E-state index in [2.05, 4.69) is 33.7 Å². The molecule has 0 bridgehead atoms. The number of hydrogen-bond donors (Lipinski definition) is 3. The molecule has 0 atom stereocenters. The number of likely N-dealkylation sites (N-methyl/N-ethyl adjacent to an activating group) is 1. The van der Waals surface area contributed by atoms with Gasteiger partial charge in [-0.3, -0.25) is 0 Å². The molecule has 4 N–H and O–H groups in total. The lowest BCUT2D eigenvalue weighted by atomic mass is 10.0. The molecule has 0 fully saturated rings. The highest BCUT2D eigenvalue weighted by Crippen LogP contribution is 2.29. The van der Waals surface area contributed by atoms with Gasteiger partial charge < -0.3 is 20.6 Å². The highest BCUT2D eigenvalue weighted by molar-refractivity contribution is 6.07. The monoisotopic (exact) mass is 285 g/mol. The predicted molar refractivity (Wildman–Crippen MR) is 85.5 cm³/mol. The van der Waals surface area contributed by atoms with E-state index in [1.54, 1.807) is 0 Å². The summed E-state index contributed by atoms with van der Waals surface area (Å²) in [4.78, 5) is 18.1. The van der Waals surface area contributed by atoms with E-state index in [4.69, 9.17) is 5.73 Å². The quantitative estimate of drug-likeness (QED) is 0.679. The molecule has 0 saturated carbocycles. The Balaban J connectivity index is 2.35. The highest BCUT2D eigenvalue weighted by atomic mass is 16.1. The van der Waals surface area contributed by atoms with Crippen LogP contribution in [-0.4, -0.2) is 28.1 Å². The Kier molecular flexibility index (Phi) is 2.98. The van der Waals surface area contributed by atoms with Crippen LogP contribution in [0.4, 0.5) is 5.82 Å².